The quantitative estimate of drug-likeness (QED) is 0.769. The number of benzene rings is 1. The molecule has 2 nitrogen and oxygen atoms in total. The Labute approximate surface area is 102 Å². The Bertz CT molecular complexity index is 392. The van der Waals surface area contributed by atoms with Crippen molar-refractivity contribution in [2.75, 3.05) is 11.1 Å². The van der Waals surface area contributed by atoms with Crippen LogP contribution >= 0.6 is 0 Å². The summed E-state index contributed by atoms with van der Waals surface area (Å²) in [7, 11) is 0. The first-order chi connectivity index (χ1) is 8.08. The van der Waals surface area contributed by atoms with Gasteiger partial charge in [-0.25, -0.2) is 4.39 Å². The molecule has 3 heteroatoms. The Morgan fingerprint density at radius 1 is 1.29 bits per heavy atom. The molecule has 94 valence electrons. The van der Waals surface area contributed by atoms with Gasteiger partial charge in [-0.05, 0) is 43.2 Å². The number of rotatable bonds is 2. The van der Waals surface area contributed by atoms with Gasteiger partial charge in [0.05, 0.1) is 11.4 Å². The van der Waals surface area contributed by atoms with Crippen LogP contribution in [0, 0.1) is 17.7 Å². The van der Waals surface area contributed by atoms with Crippen molar-refractivity contribution in [1.29, 1.82) is 0 Å². The van der Waals surface area contributed by atoms with Gasteiger partial charge >= 0.3 is 0 Å². The van der Waals surface area contributed by atoms with Crippen molar-refractivity contribution in [3.63, 3.8) is 0 Å². The van der Waals surface area contributed by atoms with E-state index in [1.807, 2.05) is 6.07 Å². The number of anilines is 2. The standard InChI is InChI=1S/C14H21FN2/c1-9-6-7-12(10(2)8-9)17-13-5-3-4-11(15)14(13)16/h3-5,9-10,12,17H,6-8,16H2,1-2H3. The molecule has 3 atom stereocenters. The van der Waals surface area contributed by atoms with E-state index in [1.54, 1.807) is 6.07 Å². The Morgan fingerprint density at radius 2 is 2.06 bits per heavy atom. The molecule has 0 radical (unpaired) electrons. The van der Waals surface area contributed by atoms with Gasteiger partial charge in [0.25, 0.3) is 0 Å². The molecule has 0 spiro atoms. The van der Waals surface area contributed by atoms with Crippen molar-refractivity contribution in [3.8, 4) is 0 Å². The lowest BCUT2D eigenvalue weighted by Crippen LogP contribution is -2.33. The molecule has 0 bridgehead atoms. The molecule has 1 aliphatic carbocycles. The first-order valence-corrected chi connectivity index (χ1v) is 6.38. The molecule has 17 heavy (non-hydrogen) atoms. The Kier molecular flexibility index (Phi) is 3.55. The van der Waals surface area contributed by atoms with E-state index in [-0.39, 0.29) is 11.5 Å². The molecule has 3 N–H and O–H groups in total. The lowest BCUT2D eigenvalue weighted by Gasteiger charge is -2.34. The highest BCUT2D eigenvalue weighted by Gasteiger charge is 2.25. The molecule has 0 heterocycles. The van der Waals surface area contributed by atoms with Crippen LogP contribution in [-0.2, 0) is 0 Å². The highest BCUT2D eigenvalue weighted by Crippen LogP contribution is 2.32. The summed E-state index contributed by atoms with van der Waals surface area (Å²) in [6.07, 6.45) is 3.60. The van der Waals surface area contributed by atoms with E-state index in [0.29, 0.717) is 12.0 Å². The molecular weight excluding hydrogens is 215 g/mol. The number of para-hydroxylation sites is 1. The monoisotopic (exact) mass is 236 g/mol. The van der Waals surface area contributed by atoms with E-state index in [0.717, 1.165) is 18.0 Å². The smallest absolute Gasteiger partial charge is 0.148 e. The second kappa shape index (κ2) is 4.94. The molecule has 3 unspecified atom stereocenters. The van der Waals surface area contributed by atoms with Crippen LogP contribution in [-0.4, -0.2) is 6.04 Å². The largest absolute Gasteiger partial charge is 0.395 e. The number of hydrogen-bond donors (Lipinski definition) is 2. The fourth-order valence-corrected chi connectivity index (χ4v) is 2.74. The van der Waals surface area contributed by atoms with Crippen molar-refractivity contribution in [3.05, 3.63) is 24.0 Å². The summed E-state index contributed by atoms with van der Waals surface area (Å²) in [6.45, 7) is 4.55. The molecule has 0 saturated heterocycles. The van der Waals surface area contributed by atoms with E-state index in [4.69, 9.17) is 5.73 Å². The van der Waals surface area contributed by atoms with Crippen LogP contribution in [0.1, 0.15) is 33.1 Å². The summed E-state index contributed by atoms with van der Waals surface area (Å²) in [6, 6.07) is 5.36. The van der Waals surface area contributed by atoms with Crippen molar-refractivity contribution in [2.45, 2.75) is 39.2 Å². The highest BCUT2D eigenvalue weighted by atomic mass is 19.1. The van der Waals surface area contributed by atoms with Crippen LogP contribution in [0.5, 0.6) is 0 Å². The van der Waals surface area contributed by atoms with Crippen LogP contribution in [0.2, 0.25) is 0 Å². The van der Waals surface area contributed by atoms with Crippen molar-refractivity contribution in [2.24, 2.45) is 11.8 Å². The highest BCUT2D eigenvalue weighted by molar-refractivity contribution is 5.66. The number of nitrogen functional groups attached to an aromatic ring is 1. The summed E-state index contributed by atoms with van der Waals surface area (Å²) in [5, 5.41) is 3.40. The first kappa shape index (κ1) is 12.2. The van der Waals surface area contributed by atoms with Crippen molar-refractivity contribution in [1.82, 2.24) is 0 Å². The molecule has 1 saturated carbocycles. The van der Waals surface area contributed by atoms with Gasteiger partial charge in [-0.2, -0.15) is 0 Å². The minimum Gasteiger partial charge on any atom is -0.395 e. The Morgan fingerprint density at radius 3 is 2.76 bits per heavy atom. The lowest BCUT2D eigenvalue weighted by molar-refractivity contribution is 0.276. The van der Waals surface area contributed by atoms with E-state index < -0.39 is 0 Å². The average Bonchev–Trinajstić information content (AvgIpc) is 2.28. The van der Waals surface area contributed by atoms with E-state index in [9.17, 15) is 4.39 Å². The summed E-state index contributed by atoms with van der Waals surface area (Å²) < 4.78 is 13.3. The SMILES string of the molecule is CC1CCC(Nc2cccc(F)c2N)C(C)C1. The zero-order chi connectivity index (χ0) is 12.4. The van der Waals surface area contributed by atoms with Gasteiger partial charge in [0.2, 0.25) is 0 Å². The number of nitrogens with two attached hydrogens (primary N) is 1. The number of hydrogen-bond acceptors (Lipinski definition) is 2. The molecule has 1 aliphatic rings. The summed E-state index contributed by atoms with van der Waals surface area (Å²) >= 11 is 0. The maximum atomic E-state index is 13.3. The van der Waals surface area contributed by atoms with E-state index >= 15 is 0 Å². The molecule has 1 aromatic carbocycles. The molecule has 2 rings (SSSR count). The van der Waals surface area contributed by atoms with Gasteiger partial charge < -0.3 is 11.1 Å². The summed E-state index contributed by atoms with van der Waals surface area (Å²) in [5.74, 6) is 1.07. The van der Waals surface area contributed by atoms with Crippen LogP contribution in [0.15, 0.2) is 18.2 Å². The molecule has 0 aliphatic heterocycles. The van der Waals surface area contributed by atoms with Gasteiger partial charge in [-0.15, -0.1) is 0 Å². The van der Waals surface area contributed by atoms with Gasteiger partial charge in [-0.3, -0.25) is 0 Å². The maximum Gasteiger partial charge on any atom is 0.148 e. The third kappa shape index (κ3) is 2.71. The second-order valence-corrected chi connectivity index (χ2v) is 5.35. The van der Waals surface area contributed by atoms with E-state index in [2.05, 4.69) is 19.2 Å². The third-order valence-corrected chi connectivity index (χ3v) is 3.83. The Balaban J connectivity index is 2.08. The third-order valence-electron chi connectivity index (χ3n) is 3.83. The van der Waals surface area contributed by atoms with Gasteiger partial charge in [-0.1, -0.05) is 19.9 Å². The van der Waals surface area contributed by atoms with Crippen LogP contribution in [0.4, 0.5) is 15.8 Å². The fourth-order valence-electron chi connectivity index (χ4n) is 2.74. The zero-order valence-corrected chi connectivity index (χ0v) is 10.5. The molecule has 1 aromatic rings. The predicted molar refractivity (Wildman–Crippen MR) is 70.4 cm³/mol. The Hall–Kier alpha value is -1.25. The topological polar surface area (TPSA) is 38.0 Å². The van der Waals surface area contributed by atoms with E-state index in [1.165, 1.54) is 18.9 Å². The fraction of sp³-hybridized carbons (Fsp3) is 0.571. The summed E-state index contributed by atoms with van der Waals surface area (Å²) in [5.41, 5.74) is 6.70. The van der Waals surface area contributed by atoms with Gasteiger partial charge in [0.15, 0.2) is 0 Å². The minimum atomic E-state index is -0.341. The molecule has 1 fully saturated rings. The number of halogens is 1. The van der Waals surface area contributed by atoms with Crippen molar-refractivity contribution >= 4 is 11.4 Å². The maximum absolute atomic E-state index is 13.3. The normalized spacial score (nSPS) is 29.0. The first-order valence-electron chi connectivity index (χ1n) is 6.38. The second-order valence-electron chi connectivity index (χ2n) is 5.35. The van der Waals surface area contributed by atoms with Crippen molar-refractivity contribution < 1.29 is 4.39 Å². The predicted octanol–water partition coefficient (Wildman–Crippen LogP) is 3.64. The van der Waals surface area contributed by atoms with Crippen LogP contribution in [0.25, 0.3) is 0 Å². The molecule has 0 aromatic heterocycles. The van der Waals surface area contributed by atoms with Crippen LogP contribution in [0.3, 0.4) is 0 Å². The van der Waals surface area contributed by atoms with Gasteiger partial charge in [0.1, 0.15) is 5.82 Å². The van der Waals surface area contributed by atoms with Gasteiger partial charge in [0, 0.05) is 6.04 Å². The molecule has 0 amide bonds. The van der Waals surface area contributed by atoms with Crippen LogP contribution < -0.4 is 11.1 Å². The minimum absolute atomic E-state index is 0.235. The number of nitrogens with one attached hydrogen (secondary N) is 1. The lowest BCUT2D eigenvalue weighted by atomic mass is 9.80. The zero-order valence-electron chi connectivity index (χ0n) is 10.5. The average molecular weight is 236 g/mol. The molecular formula is C14H21FN2. The summed E-state index contributed by atoms with van der Waals surface area (Å²) in [4.78, 5) is 0.